The molecule has 2 atom stereocenters. The van der Waals surface area contributed by atoms with Gasteiger partial charge in [-0.1, -0.05) is 27.2 Å². The van der Waals surface area contributed by atoms with Crippen LogP contribution in [0, 0.1) is 17.3 Å². The van der Waals surface area contributed by atoms with Gasteiger partial charge in [-0.05, 0) is 23.7 Å². The summed E-state index contributed by atoms with van der Waals surface area (Å²) < 4.78 is 0. The van der Waals surface area contributed by atoms with Crippen molar-refractivity contribution in [1.29, 1.82) is 0 Å². The van der Waals surface area contributed by atoms with Crippen LogP contribution in [0.4, 0.5) is 0 Å². The van der Waals surface area contributed by atoms with E-state index < -0.39 is 0 Å². The number of hydrogen-bond donors (Lipinski definition) is 0. The Morgan fingerprint density at radius 1 is 1.45 bits per heavy atom. The van der Waals surface area contributed by atoms with Crippen molar-refractivity contribution in [3.63, 3.8) is 0 Å². The molecular weight excluding hydrogens is 136 g/mol. The first-order valence-corrected chi connectivity index (χ1v) is 4.56. The van der Waals surface area contributed by atoms with E-state index in [9.17, 15) is 4.79 Å². The number of rotatable bonds is 3. The Morgan fingerprint density at radius 3 is 2.45 bits per heavy atom. The first kappa shape index (κ1) is 8.76. The van der Waals surface area contributed by atoms with Crippen LogP contribution >= 0.6 is 0 Å². The molecule has 11 heavy (non-hydrogen) atoms. The Labute approximate surface area is 69.2 Å². The summed E-state index contributed by atoms with van der Waals surface area (Å²) in [7, 11) is 0. The summed E-state index contributed by atoms with van der Waals surface area (Å²) in [6.45, 7) is 6.82. The average molecular weight is 154 g/mol. The van der Waals surface area contributed by atoms with E-state index in [4.69, 9.17) is 0 Å². The van der Waals surface area contributed by atoms with Crippen LogP contribution in [0.5, 0.6) is 0 Å². The summed E-state index contributed by atoms with van der Waals surface area (Å²) in [5.41, 5.74) is 0.426. The van der Waals surface area contributed by atoms with E-state index in [1.165, 1.54) is 12.8 Å². The fraction of sp³-hybridized carbons (Fsp3) is 0.900. The SMILES string of the molecule is CCC1CC(CC=O)C1(C)C. The maximum Gasteiger partial charge on any atom is 0.120 e. The highest BCUT2D eigenvalue weighted by molar-refractivity contribution is 5.50. The molecule has 0 N–H and O–H groups in total. The fourth-order valence-corrected chi connectivity index (χ4v) is 2.33. The average Bonchev–Trinajstić information content (AvgIpc) is 1.97. The molecule has 1 fully saturated rings. The van der Waals surface area contributed by atoms with Crippen LogP contribution in [0.15, 0.2) is 0 Å². The van der Waals surface area contributed by atoms with E-state index in [0.29, 0.717) is 11.3 Å². The molecular formula is C10H18O. The van der Waals surface area contributed by atoms with Gasteiger partial charge in [0.1, 0.15) is 6.29 Å². The monoisotopic (exact) mass is 154 g/mol. The highest BCUT2D eigenvalue weighted by atomic mass is 16.1. The van der Waals surface area contributed by atoms with Gasteiger partial charge < -0.3 is 4.79 Å². The second-order valence-electron chi connectivity index (χ2n) is 4.26. The fourth-order valence-electron chi connectivity index (χ4n) is 2.33. The molecule has 2 unspecified atom stereocenters. The largest absolute Gasteiger partial charge is 0.303 e. The zero-order valence-corrected chi connectivity index (χ0v) is 7.76. The van der Waals surface area contributed by atoms with Gasteiger partial charge in [-0.25, -0.2) is 0 Å². The van der Waals surface area contributed by atoms with Crippen molar-refractivity contribution in [2.45, 2.75) is 40.0 Å². The Kier molecular flexibility index (Phi) is 2.36. The molecule has 0 radical (unpaired) electrons. The lowest BCUT2D eigenvalue weighted by Gasteiger charge is -2.52. The number of hydrogen-bond acceptors (Lipinski definition) is 1. The van der Waals surface area contributed by atoms with Crippen LogP contribution in [0.2, 0.25) is 0 Å². The van der Waals surface area contributed by atoms with Crippen LogP contribution in [0.1, 0.15) is 40.0 Å². The maximum atomic E-state index is 10.3. The summed E-state index contributed by atoms with van der Waals surface area (Å²) in [6, 6.07) is 0. The first-order chi connectivity index (χ1) is 5.12. The van der Waals surface area contributed by atoms with Crippen LogP contribution in [0.3, 0.4) is 0 Å². The third-order valence-corrected chi connectivity index (χ3v) is 3.55. The quantitative estimate of drug-likeness (QED) is 0.571. The van der Waals surface area contributed by atoms with Crippen molar-refractivity contribution in [3.8, 4) is 0 Å². The highest BCUT2D eigenvalue weighted by Crippen LogP contribution is 2.53. The van der Waals surface area contributed by atoms with Gasteiger partial charge in [0.15, 0.2) is 0 Å². The van der Waals surface area contributed by atoms with E-state index in [0.717, 1.165) is 18.6 Å². The van der Waals surface area contributed by atoms with Gasteiger partial charge in [0.25, 0.3) is 0 Å². The topological polar surface area (TPSA) is 17.1 Å². The summed E-state index contributed by atoms with van der Waals surface area (Å²) in [5.74, 6) is 1.51. The molecule has 0 aliphatic heterocycles. The number of carbonyl (C=O) groups is 1. The molecule has 1 aliphatic rings. The lowest BCUT2D eigenvalue weighted by Crippen LogP contribution is -2.44. The van der Waals surface area contributed by atoms with Crippen molar-refractivity contribution in [2.24, 2.45) is 17.3 Å². The van der Waals surface area contributed by atoms with Crippen LogP contribution in [-0.4, -0.2) is 6.29 Å². The second-order valence-corrected chi connectivity index (χ2v) is 4.26. The Bertz CT molecular complexity index is 149. The molecule has 0 aromatic rings. The molecule has 0 bridgehead atoms. The minimum absolute atomic E-state index is 0.426. The van der Waals surface area contributed by atoms with Gasteiger partial charge in [0, 0.05) is 6.42 Å². The molecule has 0 saturated heterocycles. The highest BCUT2D eigenvalue weighted by Gasteiger charge is 2.45. The van der Waals surface area contributed by atoms with Gasteiger partial charge in [0.2, 0.25) is 0 Å². The molecule has 1 rings (SSSR count). The molecule has 0 spiro atoms. The first-order valence-electron chi connectivity index (χ1n) is 4.56. The predicted molar refractivity (Wildman–Crippen MR) is 46.4 cm³/mol. The van der Waals surface area contributed by atoms with E-state index in [1.807, 2.05) is 0 Å². The van der Waals surface area contributed by atoms with Gasteiger partial charge in [-0.2, -0.15) is 0 Å². The lowest BCUT2D eigenvalue weighted by molar-refractivity contribution is -0.113. The van der Waals surface area contributed by atoms with Crippen molar-refractivity contribution in [1.82, 2.24) is 0 Å². The minimum Gasteiger partial charge on any atom is -0.303 e. The van der Waals surface area contributed by atoms with Crippen molar-refractivity contribution >= 4 is 6.29 Å². The lowest BCUT2D eigenvalue weighted by atomic mass is 9.53. The van der Waals surface area contributed by atoms with E-state index in [-0.39, 0.29) is 0 Å². The zero-order valence-electron chi connectivity index (χ0n) is 7.76. The maximum absolute atomic E-state index is 10.3. The third kappa shape index (κ3) is 1.33. The van der Waals surface area contributed by atoms with Gasteiger partial charge in [-0.3, -0.25) is 0 Å². The second kappa shape index (κ2) is 2.96. The van der Waals surface area contributed by atoms with E-state index in [2.05, 4.69) is 20.8 Å². The van der Waals surface area contributed by atoms with Crippen LogP contribution in [-0.2, 0) is 4.79 Å². The van der Waals surface area contributed by atoms with Gasteiger partial charge in [-0.15, -0.1) is 0 Å². The molecule has 1 aliphatic carbocycles. The van der Waals surface area contributed by atoms with Crippen LogP contribution in [0.25, 0.3) is 0 Å². The molecule has 0 heterocycles. The number of carbonyl (C=O) groups excluding carboxylic acids is 1. The molecule has 0 aromatic heterocycles. The molecule has 1 nitrogen and oxygen atoms in total. The number of aldehydes is 1. The zero-order chi connectivity index (χ0) is 8.48. The van der Waals surface area contributed by atoms with Crippen molar-refractivity contribution < 1.29 is 4.79 Å². The van der Waals surface area contributed by atoms with Crippen molar-refractivity contribution in [3.05, 3.63) is 0 Å². The molecule has 1 heteroatoms. The minimum atomic E-state index is 0.426. The standard InChI is InChI=1S/C10H18O/c1-4-8-7-9(5-6-11)10(8,2)3/h6,8-9H,4-5,7H2,1-3H3. The normalized spacial score (nSPS) is 34.5. The van der Waals surface area contributed by atoms with Gasteiger partial charge in [0.05, 0.1) is 0 Å². The smallest absolute Gasteiger partial charge is 0.120 e. The molecule has 1 saturated carbocycles. The summed E-state index contributed by atoms with van der Waals surface area (Å²) in [6.07, 6.45) is 4.37. The summed E-state index contributed by atoms with van der Waals surface area (Å²) in [5, 5.41) is 0. The summed E-state index contributed by atoms with van der Waals surface area (Å²) in [4.78, 5) is 10.3. The predicted octanol–water partition coefficient (Wildman–Crippen LogP) is 2.65. The summed E-state index contributed by atoms with van der Waals surface area (Å²) >= 11 is 0. The Morgan fingerprint density at radius 2 is 2.09 bits per heavy atom. The molecule has 0 aromatic carbocycles. The van der Waals surface area contributed by atoms with E-state index >= 15 is 0 Å². The van der Waals surface area contributed by atoms with Crippen LogP contribution < -0.4 is 0 Å². The van der Waals surface area contributed by atoms with E-state index in [1.54, 1.807) is 0 Å². The molecule has 0 amide bonds. The Hall–Kier alpha value is -0.330. The Balaban J connectivity index is 2.46. The molecule has 64 valence electrons. The van der Waals surface area contributed by atoms with Crippen molar-refractivity contribution in [2.75, 3.05) is 0 Å². The van der Waals surface area contributed by atoms with Gasteiger partial charge >= 0.3 is 0 Å². The third-order valence-electron chi connectivity index (χ3n) is 3.55.